The van der Waals surface area contributed by atoms with Crippen molar-refractivity contribution in [3.8, 4) is 0 Å². The largest absolute Gasteiger partial charge is 1.00 e. The molecule has 0 bridgehead atoms. The van der Waals surface area contributed by atoms with Gasteiger partial charge in [0, 0.05) is 0 Å². The Morgan fingerprint density at radius 2 is 1.10 bits per heavy atom. The van der Waals surface area contributed by atoms with Gasteiger partial charge in [-0.05, 0) is 0 Å². The average molecular weight is 370 g/mol. The van der Waals surface area contributed by atoms with Crippen LogP contribution in [-0.2, 0) is 10.1 Å². The molecule has 0 radical (unpaired) electrons. The van der Waals surface area contributed by atoms with Crippen molar-refractivity contribution in [1.82, 2.24) is 0 Å². The van der Waals surface area contributed by atoms with Crippen LogP contribution in [0.15, 0.2) is 0 Å². The molecule has 0 saturated carbocycles. The zero-order valence-electron chi connectivity index (χ0n) is 8.99. The Morgan fingerprint density at radius 3 is 1.30 bits per heavy atom. The maximum absolute atomic E-state index is 12.4. The van der Waals surface area contributed by atoms with Gasteiger partial charge >= 0.3 is 80.8 Å². The molecule has 0 spiro atoms. The first-order valence-corrected chi connectivity index (χ1v) is 5.10. The van der Waals surface area contributed by atoms with E-state index in [1.165, 1.54) is 0 Å². The number of halogens is 10. The summed E-state index contributed by atoms with van der Waals surface area (Å²) in [4.78, 5) is 0. The van der Waals surface area contributed by atoms with Crippen LogP contribution in [-0.4, -0.2) is 42.4 Å². The van der Waals surface area contributed by atoms with Crippen molar-refractivity contribution in [3.05, 3.63) is 0 Å². The number of rotatable bonds is 5. The molecule has 3 nitrogen and oxygen atoms in total. The summed E-state index contributed by atoms with van der Waals surface area (Å²) in [6.07, 6.45) is -5.52. The first-order chi connectivity index (χ1) is 7.94. The Bertz CT molecular complexity index is 446. The molecule has 0 heterocycles. The molecular formula is C5HF10KO3S. The van der Waals surface area contributed by atoms with Crippen LogP contribution >= 0.6 is 0 Å². The normalized spacial score (nSPS) is 15.2. The van der Waals surface area contributed by atoms with Gasteiger partial charge in [0.05, 0.1) is 0 Å². The Kier molecular flexibility index (Phi) is 7.11. The van der Waals surface area contributed by atoms with E-state index in [-0.39, 0.29) is 51.4 Å². The minimum absolute atomic E-state index is 0. The number of hydrogen-bond acceptors (Lipinski definition) is 3. The van der Waals surface area contributed by atoms with E-state index in [1.807, 2.05) is 0 Å². The van der Waals surface area contributed by atoms with Gasteiger partial charge in [-0.2, -0.15) is 35.1 Å². The van der Waals surface area contributed by atoms with E-state index >= 15 is 0 Å². The second kappa shape index (κ2) is 6.15. The van der Waals surface area contributed by atoms with Gasteiger partial charge in [-0.25, -0.2) is 17.2 Å². The molecule has 0 unspecified atom stereocenters. The average Bonchev–Trinajstić information content (AvgIpc) is 2.14. The SMILES string of the molecule is O=S(=O)([O-])C(F)(F)C(F)(F)C(F)(F)C(F)(F)C(F)F.[K+]. The fourth-order valence-corrected chi connectivity index (χ4v) is 1.13. The first kappa shape index (κ1) is 23.1. The van der Waals surface area contributed by atoms with Crippen molar-refractivity contribution in [1.29, 1.82) is 0 Å². The Hall–Kier alpha value is 0.846. The second-order valence-corrected chi connectivity index (χ2v) is 4.46. The van der Waals surface area contributed by atoms with E-state index in [9.17, 15) is 56.9 Å². The summed E-state index contributed by atoms with van der Waals surface area (Å²) in [5.41, 5.74) is 0. The third-order valence-corrected chi connectivity index (χ3v) is 2.65. The van der Waals surface area contributed by atoms with Crippen molar-refractivity contribution >= 4 is 10.1 Å². The van der Waals surface area contributed by atoms with Crippen LogP contribution < -0.4 is 51.4 Å². The minimum Gasteiger partial charge on any atom is -0.743 e. The third kappa shape index (κ3) is 3.27. The summed E-state index contributed by atoms with van der Waals surface area (Å²) < 4.78 is 151. The molecule has 0 saturated heterocycles. The van der Waals surface area contributed by atoms with Crippen molar-refractivity contribution in [2.75, 3.05) is 0 Å². The zero-order valence-corrected chi connectivity index (χ0v) is 12.9. The topological polar surface area (TPSA) is 57.2 Å². The fourth-order valence-electron chi connectivity index (χ4n) is 0.686. The van der Waals surface area contributed by atoms with Gasteiger partial charge in [0.25, 0.3) is 0 Å². The molecule has 0 amide bonds. The molecule has 0 aromatic heterocycles. The summed E-state index contributed by atoms with van der Waals surface area (Å²) in [5.74, 6) is -22.0. The molecule has 0 fully saturated rings. The maximum Gasteiger partial charge on any atom is 1.00 e. The molecule has 15 heteroatoms. The van der Waals surface area contributed by atoms with Crippen molar-refractivity contribution in [2.45, 2.75) is 29.4 Å². The van der Waals surface area contributed by atoms with Gasteiger partial charge in [-0.15, -0.1) is 0 Å². The van der Waals surface area contributed by atoms with Gasteiger partial charge in [-0.3, -0.25) is 0 Å². The van der Waals surface area contributed by atoms with Crippen molar-refractivity contribution in [2.24, 2.45) is 0 Å². The molecule has 0 N–H and O–H groups in total. The van der Waals surface area contributed by atoms with Crippen LogP contribution in [0.2, 0.25) is 0 Å². The molecule has 0 aliphatic rings. The fraction of sp³-hybridized carbons (Fsp3) is 1.00. The molecule has 0 aromatic rings. The predicted octanol–water partition coefficient (Wildman–Crippen LogP) is -0.701. The zero-order chi connectivity index (χ0) is 16.1. The Balaban J connectivity index is 0. The van der Waals surface area contributed by atoms with Gasteiger partial charge in [-0.1, -0.05) is 0 Å². The van der Waals surface area contributed by atoms with Crippen LogP contribution in [0.5, 0.6) is 0 Å². The van der Waals surface area contributed by atoms with Crippen LogP contribution in [0.4, 0.5) is 43.9 Å². The van der Waals surface area contributed by atoms with Gasteiger partial charge < -0.3 is 4.55 Å². The monoisotopic (exact) mass is 370 g/mol. The molecule has 116 valence electrons. The van der Waals surface area contributed by atoms with Crippen LogP contribution in [0.3, 0.4) is 0 Å². The van der Waals surface area contributed by atoms with E-state index in [1.54, 1.807) is 0 Å². The van der Waals surface area contributed by atoms with Gasteiger partial charge in [0.2, 0.25) is 0 Å². The van der Waals surface area contributed by atoms with Crippen molar-refractivity contribution in [3.63, 3.8) is 0 Å². The smallest absolute Gasteiger partial charge is 0.743 e. The molecule has 20 heavy (non-hydrogen) atoms. The summed E-state index contributed by atoms with van der Waals surface area (Å²) in [7, 11) is -7.52. The Morgan fingerprint density at radius 1 is 0.800 bits per heavy atom. The van der Waals surface area contributed by atoms with Gasteiger partial charge in [0.15, 0.2) is 10.1 Å². The molecular weight excluding hydrogens is 369 g/mol. The molecule has 0 aliphatic heterocycles. The molecule has 0 aliphatic carbocycles. The van der Waals surface area contributed by atoms with E-state index in [0.29, 0.717) is 0 Å². The number of alkyl halides is 10. The quantitative estimate of drug-likeness (QED) is 0.365. The van der Waals surface area contributed by atoms with E-state index in [2.05, 4.69) is 0 Å². The van der Waals surface area contributed by atoms with Crippen LogP contribution in [0, 0.1) is 0 Å². The molecule has 0 aromatic carbocycles. The van der Waals surface area contributed by atoms with Gasteiger partial charge in [0.1, 0.15) is 0 Å². The standard InChI is InChI=1S/C5H2F10O3S.K/c6-1(7)2(8,9)3(10,11)4(12,13)5(14,15)19(16,17)18;/h1H,(H,16,17,18);/q;+1/p-1. The second-order valence-electron chi connectivity index (χ2n) is 3.04. The summed E-state index contributed by atoms with van der Waals surface area (Å²) >= 11 is 0. The maximum atomic E-state index is 12.4. The molecule has 0 rings (SSSR count). The summed E-state index contributed by atoms with van der Waals surface area (Å²) in [5, 5.41) is -7.22. The first-order valence-electron chi connectivity index (χ1n) is 3.69. The van der Waals surface area contributed by atoms with E-state index in [4.69, 9.17) is 0 Å². The number of hydrogen-bond donors (Lipinski definition) is 0. The van der Waals surface area contributed by atoms with E-state index < -0.39 is 39.6 Å². The molecule has 0 atom stereocenters. The van der Waals surface area contributed by atoms with Crippen molar-refractivity contribution < 1.29 is 108 Å². The van der Waals surface area contributed by atoms with Crippen LogP contribution in [0.25, 0.3) is 0 Å². The Labute approximate surface area is 146 Å². The van der Waals surface area contributed by atoms with Crippen LogP contribution in [0.1, 0.15) is 0 Å². The summed E-state index contributed by atoms with van der Waals surface area (Å²) in [6, 6.07) is 0. The minimum atomic E-state index is -7.56. The summed E-state index contributed by atoms with van der Waals surface area (Å²) in [6.45, 7) is 0. The predicted molar refractivity (Wildman–Crippen MR) is 35.5 cm³/mol. The third-order valence-electron chi connectivity index (χ3n) is 1.77. The van der Waals surface area contributed by atoms with E-state index in [0.717, 1.165) is 0 Å².